The molecular formula is C16H12N2O. The number of aldehydes is 1. The van der Waals surface area contributed by atoms with Gasteiger partial charge < -0.3 is 0 Å². The predicted octanol–water partition coefficient (Wildman–Crippen LogP) is 3.14. The number of carbonyl (C=O) groups excluding carboxylic acids is 1. The molecule has 0 saturated heterocycles. The van der Waals surface area contributed by atoms with Crippen molar-refractivity contribution in [2.24, 2.45) is 0 Å². The second-order valence-corrected chi connectivity index (χ2v) is 4.93. The molecule has 19 heavy (non-hydrogen) atoms. The first-order valence-electron chi connectivity index (χ1n) is 6.41. The zero-order valence-electron chi connectivity index (χ0n) is 10.3. The molecule has 0 saturated carbocycles. The molecule has 1 aliphatic carbocycles. The Balaban J connectivity index is 2.10. The lowest BCUT2D eigenvalue weighted by Gasteiger charge is -2.08. The van der Waals surface area contributed by atoms with Crippen LogP contribution in [0.25, 0.3) is 22.0 Å². The van der Waals surface area contributed by atoms with Crippen molar-refractivity contribution in [1.29, 1.82) is 0 Å². The Morgan fingerprint density at radius 3 is 2.79 bits per heavy atom. The van der Waals surface area contributed by atoms with Crippen LogP contribution >= 0.6 is 0 Å². The summed E-state index contributed by atoms with van der Waals surface area (Å²) in [6.45, 7) is 0. The molecule has 0 bridgehead atoms. The van der Waals surface area contributed by atoms with Crippen molar-refractivity contribution in [3.05, 3.63) is 53.2 Å². The largest absolute Gasteiger partial charge is 0.298 e. The quantitative estimate of drug-likeness (QED) is 0.708. The van der Waals surface area contributed by atoms with Gasteiger partial charge in [0.15, 0.2) is 6.29 Å². The molecule has 0 spiro atoms. The van der Waals surface area contributed by atoms with Crippen molar-refractivity contribution < 1.29 is 4.79 Å². The van der Waals surface area contributed by atoms with E-state index in [-0.39, 0.29) is 0 Å². The molecule has 3 nitrogen and oxygen atoms in total. The highest BCUT2D eigenvalue weighted by Crippen LogP contribution is 2.36. The third-order valence-corrected chi connectivity index (χ3v) is 3.94. The summed E-state index contributed by atoms with van der Waals surface area (Å²) in [7, 11) is 0. The molecule has 0 atom stereocenters. The van der Waals surface area contributed by atoms with E-state index >= 15 is 0 Å². The lowest BCUT2D eigenvalue weighted by atomic mass is 9.97. The van der Waals surface area contributed by atoms with Crippen LogP contribution in [0.2, 0.25) is 0 Å². The van der Waals surface area contributed by atoms with E-state index in [0.717, 1.165) is 30.4 Å². The zero-order valence-corrected chi connectivity index (χ0v) is 10.3. The minimum absolute atomic E-state index is 0.610. The average molecular weight is 248 g/mol. The van der Waals surface area contributed by atoms with E-state index in [4.69, 9.17) is 0 Å². The van der Waals surface area contributed by atoms with Gasteiger partial charge in [-0.15, -0.1) is 0 Å². The second-order valence-electron chi connectivity index (χ2n) is 4.93. The van der Waals surface area contributed by atoms with Gasteiger partial charge in [-0.1, -0.05) is 30.3 Å². The van der Waals surface area contributed by atoms with E-state index < -0.39 is 0 Å². The number of carbonyl (C=O) groups is 1. The predicted molar refractivity (Wildman–Crippen MR) is 74.3 cm³/mol. The van der Waals surface area contributed by atoms with E-state index in [9.17, 15) is 4.79 Å². The number of hydrogen-bond acceptors (Lipinski definition) is 2. The van der Waals surface area contributed by atoms with Crippen LogP contribution in [0.5, 0.6) is 0 Å². The molecule has 1 aromatic heterocycles. The van der Waals surface area contributed by atoms with Crippen LogP contribution in [0.1, 0.15) is 21.5 Å². The molecule has 0 amide bonds. The monoisotopic (exact) mass is 248 g/mol. The molecule has 4 rings (SSSR count). The first-order valence-corrected chi connectivity index (χ1v) is 6.41. The molecular weight excluding hydrogens is 236 g/mol. The van der Waals surface area contributed by atoms with Crippen molar-refractivity contribution in [3.63, 3.8) is 0 Å². The minimum Gasteiger partial charge on any atom is -0.298 e. The third kappa shape index (κ3) is 1.38. The highest BCUT2D eigenvalue weighted by Gasteiger charge is 2.18. The van der Waals surface area contributed by atoms with Crippen LogP contribution in [0.15, 0.2) is 36.5 Å². The van der Waals surface area contributed by atoms with Crippen LogP contribution in [0.4, 0.5) is 0 Å². The number of aromatic nitrogens is 2. The van der Waals surface area contributed by atoms with Gasteiger partial charge in [-0.2, -0.15) is 5.10 Å². The minimum atomic E-state index is 0.610. The van der Waals surface area contributed by atoms with Gasteiger partial charge in [-0.25, -0.2) is 0 Å². The van der Waals surface area contributed by atoms with Crippen molar-refractivity contribution in [3.8, 4) is 11.3 Å². The van der Waals surface area contributed by atoms with Crippen LogP contribution in [0, 0.1) is 0 Å². The first-order chi connectivity index (χ1) is 9.38. The number of aromatic amines is 1. The Labute approximate surface area is 110 Å². The fourth-order valence-corrected chi connectivity index (χ4v) is 3.07. The summed E-state index contributed by atoms with van der Waals surface area (Å²) in [5.74, 6) is 0. The maximum Gasteiger partial charge on any atom is 0.153 e. The fraction of sp³-hybridized carbons (Fsp3) is 0.125. The van der Waals surface area contributed by atoms with Gasteiger partial charge in [0.1, 0.15) is 0 Å². The molecule has 92 valence electrons. The third-order valence-electron chi connectivity index (χ3n) is 3.94. The topological polar surface area (TPSA) is 45.8 Å². The van der Waals surface area contributed by atoms with E-state index in [1.807, 2.05) is 0 Å². The van der Waals surface area contributed by atoms with Gasteiger partial charge in [0.05, 0.1) is 17.5 Å². The van der Waals surface area contributed by atoms with Crippen LogP contribution < -0.4 is 0 Å². The number of aryl methyl sites for hydroxylation is 2. The second kappa shape index (κ2) is 3.79. The zero-order chi connectivity index (χ0) is 12.8. The molecule has 0 radical (unpaired) electrons. The smallest absolute Gasteiger partial charge is 0.153 e. The molecule has 3 aromatic rings. The Hall–Kier alpha value is -2.42. The molecule has 1 heterocycles. The van der Waals surface area contributed by atoms with Gasteiger partial charge in [0.25, 0.3) is 0 Å². The van der Waals surface area contributed by atoms with Crippen molar-refractivity contribution in [2.45, 2.75) is 12.8 Å². The van der Waals surface area contributed by atoms with Crippen molar-refractivity contribution in [1.82, 2.24) is 10.2 Å². The molecule has 0 unspecified atom stereocenters. The number of benzene rings is 2. The van der Waals surface area contributed by atoms with Gasteiger partial charge in [-0.05, 0) is 34.7 Å². The van der Waals surface area contributed by atoms with E-state index in [0.29, 0.717) is 5.56 Å². The maximum atomic E-state index is 11.1. The average Bonchev–Trinajstić information content (AvgIpc) is 3.07. The molecule has 3 heteroatoms. The van der Waals surface area contributed by atoms with Crippen LogP contribution in [-0.4, -0.2) is 16.5 Å². The number of nitrogens with one attached hydrogen (secondary N) is 1. The lowest BCUT2D eigenvalue weighted by Crippen LogP contribution is -1.88. The SMILES string of the molecule is O=Cc1cn[nH]c1-c1ccc2c3c(cccc13)CC2. The normalized spacial score (nSPS) is 13.1. The van der Waals surface area contributed by atoms with E-state index in [1.54, 1.807) is 6.20 Å². The van der Waals surface area contributed by atoms with Gasteiger partial charge >= 0.3 is 0 Å². The summed E-state index contributed by atoms with van der Waals surface area (Å²) in [6.07, 6.45) is 4.65. The summed E-state index contributed by atoms with van der Waals surface area (Å²) >= 11 is 0. The van der Waals surface area contributed by atoms with E-state index in [2.05, 4.69) is 40.5 Å². The number of hydrogen-bond donors (Lipinski definition) is 1. The lowest BCUT2D eigenvalue weighted by molar-refractivity contribution is 0.112. The van der Waals surface area contributed by atoms with E-state index in [1.165, 1.54) is 21.9 Å². The summed E-state index contributed by atoms with van der Waals surface area (Å²) in [6, 6.07) is 10.7. The summed E-state index contributed by atoms with van der Waals surface area (Å²) in [4.78, 5) is 11.1. The Kier molecular flexibility index (Phi) is 2.09. The number of H-pyrrole nitrogens is 1. The number of nitrogens with zero attached hydrogens (tertiary/aromatic N) is 1. The standard InChI is InChI=1S/C16H12N2O/c19-9-12-8-17-18-16(12)14-7-6-11-5-4-10-2-1-3-13(14)15(10)11/h1-3,6-9H,4-5H2,(H,17,18). The molecule has 1 N–H and O–H groups in total. The van der Waals surface area contributed by atoms with Crippen molar-refractivity contribution >= 4 is 17.1 Å². The Morgan fingerprint density at radius 1 is 1.11 bits per heavy atom. The first kappa shape index (κ1) is 10.5. The molecule has 2 aromatic carbocycles. The summed E-state index contributed by atoms with van der Waals surface area (Å²) < 4.78 is 0. The summed E-state index contributed by atoms with van der Waals surface area (Å²) in [5, 5.41) is 9.48. The maximum absolute atomic E-state index is 11.1. The number of rotatable bonds is 2. The Bertz CT molecular complexity index is 791. The van der Waals surface area contributed by atoms with Gasteiger partial charge in [0.2, 0.25) is 0 Å². The van der Waals surface area contributed by atoms with Crippen LogP contribution in [0.3, 0.4) is 0 Å². The fourth-order valence-electron chi connectivity index (χ4n) is 3.07. The highest BCUT2D eigenvalue weighted by molar-refractivity contribution is 6.03. The van der Waals surface area contributed by atoms with Crippen LogP contribution in [-0.2, 0) is 12.8 Å². The molecule has 0 aliphatic heterocycles. The van der Waals surface area contributed by atoms with Gasteiger partial charge in [0, 0.05) is 5.56 Å². The van der Waals surface area contributed by atoms with Gasteiger partial charge in [-0.3, -0.25) is 9.89 Å². The van der Waals surface area contributed by atoms with Crippen molar-refractivity contribution in [2.75, 3.05) is 0 Å². The highest BCUT2D eigenvalue weighted by atomic mass is 16.1. The molecule has 0 fully saturated rings. The Morgan fingerprint density at radius 2 is 1.95 bits per heavy atom. The molecule has 1 aliphatic rings. The summed E-state index contributed by atoms with van der Waals surface area (Å²) in [5.41, 5.74) is 5.29.